The minimum Gasteiger partial charge on any atom is -0.495 e. The van der Waals surface area contributed by atoms with Gasteiger partial charge in [0, 0.05) is 23.5 Å². The molecular weight excluding hydrogens is 212 g/mol. The van der Waals surface area contributed by atoms with Gasteiger partial charge < -0.3 is 15.5 Å². The van der Waals surface area contributed by atoms with Gasteiger partial charge in [-0.15, -0.1) is 0 Å². The molecular formula is C14H20N2O. The molecule has 0 radical (unpaired) electrons. The molecule has 0 fully saturated rings. The number of methoxy groups -OCH3 is 1. The number of aromatic amines is 1. The van der Waals surface area contributed by atoms with Crippen molar-refractivity contribution in [1.82, 2.24) is 4.98 Å². The Bertz CT molecular complexity index is 540. The van der Waals surface area contributed by atoms with Gasteiger partial charge in [-0.2, -0.15) is 0 Å². The van der Waals surface area contributed by atoms with Gasteiger partial charge in [-0.25, -0.2) is 0 Å². The van der Waals surface area contributed by atoms with Gasteiger partial charge in [0.25, 0.3) is 0 Å². The van der Waals surface area contributed by atoms with Crippen LogP contribution in [-0.2, 0) is 5.41 Å². The molecule has 0 aliphatic heterocycles. The lowest BCUT2D eigenvalue weighted by molar-refractivity contribution is 0.418. The second-order valence-corrected chi connectivity index (χ2v) is 5.18. The van der Waals surface area contributed by atoms with E-state index in [4.69, 9.17) is 10.5 Å². The Labute approximate surface area is 102 Å². The van der Waals surface area contributed by atoms with Crippen molar-refractivity contribution >= 4 is 10.9 Å². The van der Waals surface area contributed by atoms with E-state index in [0.29, 0.717) is 6.54 Å². The maximum Gasteiger partial charge on any atom is 0.143 e. The van der Waals surface area contributed by atoms with Gasteiger partial charge in [-0.1, -0.05) is 13.8 Å². The summed E-state index contributed by atoms with van der Waals surface area (Å²) in [6, 6.07) is 4.22. The monoisotopic (exact) mass is 232 g/mol. The molecule has 0 amide bonds. The molecule has 0 aliphatic carbocycles. The Morgan fingerprint density at radius 2 is 2.06 bits per heavy atom. The number of benzene rings is 1. The zero-order valence-electron chi connectivity index (χ0n) is 10.9. The van der Waals surface area contributed by atoms with E-state index < -0.39 is 0 Å². The van der Waals surface area contributed by atoms with Crippen LogP contribution >= 0.6 is 0 Å². The van der Waals surface area contributed by atoms with Crippen LogP contribution in [0.15, 0.2) is 18.3 Å². The third-order valence-corrected chi connectivity index (χ3v) is 3.36. The first-order valence-corrected chi connectivity index (χ1v) is 5.86. The maximum atomic E-state index is 5.85. The average Bonchev–Trinajstić information content (AvgIpc) is 2.72. The van der Waals surface area contributed by atoms with Crippen LogP contribution in [0.3, 0.4) is 0 Å². The first-order chi connectivity index (χ1) is 7.99. The predicted octanol–water partition coefficient (Wildman–Crippen LogP) is 2.72. The lowest BCUT2D eigenvalue weighted by Crippen LogP contribution is -2.27. The molecule has 17 heavy (non-hydrogen) atoms. The van der Waals surface area contributed by atoms with Crippen molar-refractivity contribution in [1.29, 1.82) is 0 Å². The highest BCUT2D eigenvalue weighted by Gasteiger charge is 2.23. The third kappa shape index (κ3) is 1.91. The van der Waals surface area contributed by atoms with Gasteiger partial charge >= 0.3 is 0 Å². The van der Waals surface area contributed by atoms with Crippen molar-refractivity contribution in [3.63, 3.8) is 0 Å². The molecule has 0 saturated heterocycles. The average molecular weight is 232 g/mol. The van der Waals surface area contributed by atoms with E-state index in [1.165, 1.54) is 16.5 Å². The van der Waals surface area contributed by atoms with Gasteiger partial charge in [-0.05, 0) is 30.2 Å². The Morgan fingerprint density at radius 3 is 2.65 bits per heavy atom. The Morgan fingerprint density at radius 1 is 1.35 bits per heavy atom. The van der Waals surface area contributed by atoms with Crippen molar-refractivity contribution in [3.8, 4) is 5.75 Å². The largest absolute Gasteiger partial charge is 0.495 e. The molecule has 1 aromatic carbocycles. The summed E-state index contributed by atoms with van der Waals surface area (Å²) in [5.74, 6) is 0.888. The van der Waals surface area contributed by atoms with Crippen LogP contribution in [0.1, 0.15) is 25.0 Å². The SMILES string of the molecule is COc1cc(C)cc2c(C(C)(C)CN)c[nH]c12. The number of ether oxygens (including phenoxy) is 1. The van der Waals surface area contributed by atoms with E-state index in [1.807, 2.05) is 12.3 Å². The van der Waals surface area contributed by atoms with Gasteiger partial charge in [0.05, 0.1) is 12.6 Å². The molecule has 0 aliphatic rings. The van der Waals surface area contributed by atoms with Crippen LogP contribution in [-0.4, -0.2) is 18.6 Å². The van der Waals surface area contributed by atoms with Crippen molar-refractivity contribution < 1.29 is 4.74 Å². The van der Waals surface area contributed by atoms with E-state index in [9.17, 15) is 0 Å². The van der Waals surface area contributed by atoms with Crippen LogP contribution < -0.4 is 10.5 Å². The quantitative estimate of drug-likeness (QED) is 0.855. The molecule has 0 atom stereocenters. The number of aromatic nitrogens is 1. The number of nitrogens with one attached hydrogen (secondary N) is 1. The van der Waals surface area contributed by atoms with E-state index in [-0.39, 0.29) is 5.41 Å². The summed E-state index contributed by atoms with van der Waals surface area (Å²) in [7, 11) is 1.70. The number of rotatable bonds is 3. The zero-order valence-corrected chi connectivity index (χ0v) is 10.9. The summed E-state index contributed by atoms with van der Waals surface area (Å²) in [6.45, 7) is 7.01. The first kappa shape index (κ1) is 12.0. The fraction of sp³-hybridized carbons (Fsp3) is 0.429. The number of hydrogen-bond donors (Lipinski definition) is 2. The van der Waals surface area contributed by atoms with E-state index in [1.54, 1.807) is 7.11 Å². The second-order valence-electron chi connectivity index (χ2n) is 5.18. The highest BCUT2D eigenvalue weighted by Crippen LogP contribution is 2.34. The summed E-state index contributed by atoms with van der Waals surface area (Å²) in [5, 5.41) is 1.21. The molecule has 92 valence electrons. The number of hydrogen-bond acceptors (Lipinski definition) is 2. The van der Waals surface area contributed by atoms with Crippen LogP contribution in [0.2, 0.25) is 0 Å². The number of H-pyrrole nitrogens is 1. The summed E-state index contributed by atoms with van der Waals surface area (Å²) in [4.78, 5) is 3.29. The summed E-state index contributed by atoms with van der Waals surface area (Å²) >= 11 is 0. The fourth-order valence-corrected chi connectivity index (χ4v) is 2.17. The zero-order chi connectivity index (χ0) is 12.6. The van der Waals surface area contributed by atoms with E-state index in [2.05, 4.69) is 31.8 Å². The molecule has 3 nitrogen and oxygen atoms in total. The van der Waals surface area contributed by atoms with E-state index in [0.717, 1.165) is 11.3 Å². The molecule has 1 aromatic heterocycles. The maximum absolute atomic E-state index is 5.85. The number of fused-ring (bicyclic) bond motifs is 1. The minimum atomic E-state index is -0.0307. The van der Waals surface area contributed by atoms with Crippen LogP contribution in [0.25, 0.3) is 10.9 Å². The molecule has 0 unspecified atom stereocenters. The Hall–Kier alpha value is -1.48. The molecule has 0 saturated carbocycles. The highest BCUT2D eigenvalue weighted by molar-refractivity contribution is 5.90. The normalized spacial score (nSPS) is 12.1. The van der Waals surface area contributed by atoms with Crippen molar-refractivity contribution in [2.45, 2.75) is 26.2 Å². The van der Waals surface area contributed by atoms with Crippen LogP contribution in [0, 0.1) is 6.92 Å². The van der Waals surface area contributed by atoms with Gasteiger partial charge in [0.15, 0.2) is 0 Å². The molecule has 2 aromatic rings. The van der Waals surface area contributed by atoms with Crippen LogP contribution in [0.4, 0.5) is 0 Å². The topological polar surface area (TPSA) is 51.0 Å². The highest BCUT2D eigenvalue weighted by atomic mass is 16.5. The van der Waals surface area contributed by atoms with Gasteiger partial charge in [0.2, 0.25) is 0 Å². The molecule has 3 heteroatoms. The summed E-state index contributed by atoms with van der Waals surface area (Å²) < 4.78 is 5.41. The molecule has 3 N–H and O–H groups in total. The predicted molar refractivity (Wildman–Crippen MR) is 71.7 cm³/mol. The first-order valence-electron chi connectivity index (χ1n) is 5.86. The van der Waals surface area contributed by atoms with Crippen molar-refractivity contribution in [2.75, 3.05) is 13.7 Å². The molecule has 0 bridgehead atoms. The summed E-state index contributed by atoms with van der Waals surface area (Å²) in [6.07, 6.45) is 2.04. The Kier molecular flexibility index (Phi) is 2.87. The Balaban J connectivity index is 2.73. The van der Waals surface area contributed by atoms with Crippen LogP contribution in [0.5, 0.6) is 5.75 Å². The summed E-state index contributed by atoms with van der Waals surface area (Å²) in [5.41, 5.74) is 9.32. The molecule has 2 rings (SSSR count). The fourth-order valence-electron chi connectivity index (χ4n) is 2.17. The second kappa shape index (κ2) is 4.08. The van der Waals surface area contributed by atoms with E-state index >= 15 is 0 Å². The molecule has 0 spiro atoms. The number of aryl methyl sites for hydroxylation is 1. The molecule has 1 heterocycles. The smallest absolute Gasteiger partial charge is 0.143 e. The standard InChI is InChI=1S/C14H20N2O/c1-9-5-10-11(14(2,3)8-15)7-16-13(10)12(6-9)17-4/h5-7,16H,8,15H2,1-4H3. The minimum absolute atomic E-state index is 0.0307. The van der Waals surface area contributed by atoms with Crippen molar-refractivity contribution in [3.05, 3.63) is 29.5 Å². The lowest BCUT2D eigenvalue weighted by atomic mass is 9.84. The lowest BCUT2D eigenvalue weighted by Gasteiger charge is -2.22. The van der Waals surface area contributed by atoms with Gasteiger partial charge in [0.1, 0.15) is 5.75 Å². The third-order valence-electron chi connectivity index (χ3n) is 3.36. The van der Waals surface area contributed by atoms with Crippen molar-refractivity contribution in [2.24, 2.45) is 5.73 Å². The number of nitrogens with two attached hydrogens (primary N) is 1. The van der Waals surface area contributed by atoms with Gasteiger partial charge in [-0.3, -0.25) is 0 Å².